The topological polar surface area (TPSA) is 134 Å². The van der Waals surface area contributed by atoms with Crippen molar-refractivity contribution < 1.29 is 27.9 Å². The van der Waals surface area contributed by atoms with Gasteiger partial charge in [-0.15, -0.1) is 0 Å². The Hall–Kier alpha value is -2.49. The Bertz CT molecular complexity index is 746. The van der Waals surface area contributed by atoms with Gasteiger partial charge in [-0.3, -0.25) is 9.52 Å². The lowest BCUT2D eigenvalue weighted by Gasteiger charge is -2.26. The number of methoxy groups -OCH3 is 1. The number of benzene rings is 1. The van der Waals surface area contributed by atoms with Gasteiger partial charge in [0.2, 0.25) is 10.0 Å². The van der Waals surface area contributed by atoms with E-state index in [1.54, 1.807) is 13.8 Å². The average molecular weight is 373 g/mol. The van der Waals surface area contributed by atoms with Crippen LogP contribution >= 0.6 is 0 Å². The highest BCUT2D eigenvalue weighted by Crippen LogP contribution is 2.28. The molecule has 10 heteroatoms. The van der Waals surface area contributed by atoms with Crippen molar-refractivity contribution in [1.29, 1.82) is 0 Å². The number of hydrogen-bond donors (Lipinski definition) is 4. The lowest BCUT2D eigenvalue weighted by atomic mass is 9.99. The molecule has 25 heavy (non-hydrogen) atoms. The minimum Gasteiger partial charge on any atom is -0.495 e. The fraction of sp³-hybridized carbons (Fsp3) is 0.467. The third-order valence-corrected chi connectivity index (χ3v) is 3.77. The van der Waals surface area contributed by atoms with Gasteiger partial charge in [-0.05, 0) is 38.5 Å². The van der Waals surface area contributed by atoms with Crippen molar-refractivity contribution in [3.05, 3.63) is 18.2 Å². The van der Waals surface area contributed by atoms with Crippen molar-refractivity contribution in [2.75, 3.05) is 23.4 Å². The molecule has 0 radical (unpaired) electrons. The van der Waals surface area contributed by atoms with E-state index in [0.29, 0.717) is 5.75 Å². The fourth-order valence-electron chi connectivity index (χ4n) is 2.03. The van der Waals surface area contributed by atoms with Crippen molar-refractivity contribution >= 4 is 33.4 Å². The second-order valence-electron chi connectivity index (χ2n) is 6.15. The quantitative estimate of drug-likeness (QED) is 0.549. The Morgan fingerprint density at radius 1 is 1.28 bits per heavy atom. The molecule has 1 rings (SSSR count). The van der Waals surface area contributed by atoms with Gasteiger partial charge in [-0.2, -0.15) is 0 Å². The smallest absolute Gasteiger partial charge is 0.319 e. The van der Waals surface area contributed by atoms with Crippen LogP contribution in [-0.2, 0) is 14.8 Å². The van der Waals surface area contributed by atoms with Gasteiger partial charge in [0.05, 0.1) is 24.7 Å². The number of rotatable bonds is 8. The number of carbonyl (C=O) groups is 2. The maximum Gasteiger partial charge on any atom is 0.319 e. The lowest BCUT2D eigenvalue weighted by molar-refractivity contribution is -0.137. The molecular weight excluding hydrogens is 350 g/mol. The van der Waals surface area contributed by atoms with Crippen LogP contribution in [0.4, 0.5) is 16.2 Å². The molecule has 0 spiro atoms. The second-order valence-corrected chi connectivity index (χ2v) is 7.89. The van der Waals surface area contributed by atoms with E-state index in [1.807, 2.05) is 0 Å². The van der Waals surface area contributed by atoms with Crippen LogP contribution in [0.1, 0.15) is 26.7 Å². The van der Waals surface area contributed by atoms with Gasteiger partial charge in [0, 0.05) is 12.0 Å². The second kappa shape index (κ2) is 8.06. The summed E-state index contributed by atoms with van der Waals surface area (Å²) >= 11 is 0. The average Bonchev–Trinajstić information content (AvgIpc) is 2.43. The molecule has 0 fully saturated rings. The molecule has 1 aromatic rings. The third kappa shape index (κ3) is 7.75. The van der Waals surface area contributed by atoms with Crippen LogP contribution in [0.5, 0.6) is 5.75 Å². The minimum atomic E-state index is -3.46. The van der Waals surface area contributed by atoms with Crippen LogP contribution in [0.25, 0.3) is 0 Å². The first-order chi connectivity index (χ1) is 11.4. The Balaban J connectivity index is 2.87. The molecular formula is C15H23N3O6S. The number of carboxylic acid groups (broad SMARTS) is 1. The SMILES string of the molecule is COc1ccc(NS(C)(=O)=O)cc1NC(=O)NC(C)(C)CCC(=O)O. The van der Waals surface area contributed by atoms with E-state index >= 15 is 0 Å². The molecule has 0 saturated heterocycles. The fourth-order valence-corrected chi connectivity index (χ4v) is 2.58. The van der Waals surface area contributed by atoms with Gasteiger partial charge in [0.15, 0.2) is 0 Å². The van der Waals surface area contributed by atoms with Crippen molar-refractivity contribution in [1.82, 2.24) is 5.32 Å². The van der Waals surface area contributed by atoms with E-state index in [9.17, 15) is 18.0 Å². The zero-order chi connectivity index (χ0) is 19.3. The number of aliphatic carboxylic acids is 1. The number of hydrogen-bond acceptors (Lipinski definition) is 5. The molecule has 0 unspecified atom stereocenters. The normalized spacial score (nSPS) is 11.5. The molecule has 140 valence electrons. The number of amides is 2. The van der Waals surface area contributed by atoms with E-state index in [0.717, 1.165) is 6.26 Å². The van der Waals surface area contributed by atoms with E-state index < -0.39 is 27.6 Å². The molecule has 0 aliphatic carbocycles. The van der Waals surface area contributed by atoms with Crippen LogP contribution in [0.15, 0.2) is 18.2 Å². The molecule has 0 saturated carbocycles. The van der Waals surface area contributed by atoms with E-state index in [2.05, 4.69) is 15.4 Å². The zero-order valence-electron chi connectivity index (χ0n) is 14.5. The molecule has 9 nitrogen and oxygen atoms in total. The van der Waals surface area contributed by atoms with E-state index in [1.165, 1.54) is 25.3 Å². The summed E-state index contributed by atoms with van der Waals surface area (Å²) in [5.74, 6) is -0.603. The van der Waals surface area contributed by atoms with Crippen molar-refractivity contribution in [3.63, 3.8) is 0 Å². The first-order valence-electron chi connectivity index (χ1n) is 7.39. The molecule has 0 atom stereocenters. The van der Waals surface area contributed by atoms with Crippen molar-refractivity contribution in [3.8, 4) is 5.75 Å². The van der Waals surface area contributed by atoms with Crippen LogP contribution in [0.2, 0.25) is 0 Å². The maximum absolute atomic E-state index is 12.2. The highest BCUT2D eigenvalue weighted by molar-refractivity contribution is 7.92. The number of urea groups is 1. The van der Waals surface area contributed by atoms with Gasteiger partial charge in [0.1, 0.15) is 5.75 Å². The van der Waals surface area contributed by atoms with Crippen molar-refractivity contribution in [2.24, 2.45) is 0 Å². The van der Waals surface area contributed by atoms with Crippen LogP contribution < -0.4 is 20.1 Å². The standard InChI is InChI=1S/C15H23N3O6S/c1-15(2,8-7-13(19)20)17-14(21)16-11-9-10(18-25(4,22)23)5-6-12(11)24-3/h5-6,9,18H,7-8H2,1-4H3,(H,19,20)(H2,16,17,21). The van der Waals surface area contributed by atoms with Gasteiger partial charge < -0.3 is 20.5 Å². The summed E-state index contributed by atoms with van der Waals surface area (Å²) in [6, 6.07) is 3.87. The number of sulfonamides is 1. The molecule has 4 N–H and O–H groups in total. The maximum atomic E-state index is 12.2. The Kier molecular flexibility index (Phi) is 6.63. The molecule has 0 aromatic heterocycles. The summed E-state index contributed by atoms with van der Waals surface area (Å²) in [4.78, 5) is 22.8. The number of carboxylic acids is 1. The molecule has 1 aromatic carbocycles. The molecule has 0 aliphatic heterocycles. The highest BCUT2D eigenvalue weighted by atomic mass is 32.2. The summed E-state index contributed by atoms with van der Waals surface area (Å²) in [5, 5.41) is 14.0. The Morgan fingerprint density at radius 2 is 1.92 bits per heavy atom. The minimum absolute atomic E-state index is 0.0790. The summed E-state index contributed by atoms with van der Waals surface area (Å²) < 4.78 is 30.1. The van der Waals surface area contributed by atoms with Gasteiger partial charge >= 0.3 is 12.0 Å². The first-order valence-corrected chi connectivity index (χ1v) is 9.28. The summed E-state index contributed by atoms with van der Waals surface area (Å²) in [6.45, 7) is 3.41. The van der Waals surface area contributed by atoms with E-state index in [-0.39, 0.29) is 24.2 Å². The number of nitrogens with one attached hydrogen (secondary N) is 3. The Morgan fingerprint density at radius 3 is 2.44 bits per heavy atom. The number of anilines is 2. The summed E-state index contributed by atoms with van der Waals surface area (Å²) in [6.07, 6.45) is 1.19. The predicted octanol–water partition coefficient (Wildman–Crippen LogP) is 1.83. The lowest BCUT2D eigenvalue weighted by Crippen LogP contribution is -2.45. The van der Waals surface area contributed by atoms with Gasteiger partial charge in [0.25, 0.3) is 0 Å². The zero-order valence-corrected chi connectivity index (χ0v) is 15.4. The predicted molar refractivity (Wildman–Crippen MR) is 94.6 cm³/mol. The number of carbonyl (C=O) groups excluding carboxylic acids is 1. The monoisotopic (exact) mass is 373 g/mol. The Labute approximate surface area is 146 Å². The third-order valence-electron chi connectivity index (χ3n) is 3.17. The molecule has 2 amide bonds. The largest absolute Gasteiger partial charge is 0.495 e. The first kappa shape index (κ1) is 20.6. The van der Waals surface area contributed by atoms with Crippen LogP contribution in [0.3, 0.4) is 0 Å². The number of ether oxygens (including phenoxy) is 1. The van der Waals surface area contributed by atoms with Crippen molar-refractivity contribution in [2.45, 2.75) is 32.2 Å². The highest BCUT2D eigenvalue weighted by Gasteiger charge is 2.22. The van der Waals surface area contributed by atoms with Crippen LogP contribution in [0, 0.1) is 0 Å². The molecule has 0 aliphatic rings. The summed E-state index contributed by atoms with van der Waals surface area (Å²) in [5.41, 5.74) is -0.204. The summed E-state index contributed by atoms with van der Waals surface area (Å²) in [7, 11) is -2.05. The van der Waals surface area contributed by atoms with Gasteiger partial charge in [-0.1, -0.05) is 0 Å². The molecule has 0 bridgehead atoms. The molecule has 0 heterocycles. The van der Waals surface area contributed by atoms with Crippen LogP contribution in [-0.4, -0.2) is 44.4 Å². The van der Waals surface area contributed by atoms with E-state index in [4.69, 9.17) is 9.84 Å². The van der Waals surface area contributed by atoms with Gasteiger partial charge in [-0.25, -0.2) is 13.2 Å².